The zero-order valence-corrected chi connectivity index (χ0v) is 11.6. The van der Waals surface area contributed by atoms with Crippen molar-refractivity contribution in [3.63, 3.8) is 0 Å². The highest BCUT2D eigenvalue weighted by Crippen LogP contribution is 2.33. The lowest BCUT2D eigenvalue weighted by Crippen LogP contribution is -1.91. The number of nitrogens with two attached hydrogens (primary N) is 1. The van der Waals surface area contributed by atoms with Crippen LogP contribution in [0.5, 0.6) is 0 Å². The summed E-state index contributed by atoms with van der Waals surface area (Å²) in [6.07, 6.45) is 1.80. The highest BCUT2D eigenvalue weighted by molar-refractivity contribution is 7.98. The Labute approximate surface area is 115 Å². The lowest BCUT2D eigenvalue weighted by atomic mass is 10.3. The molecule has 0 aliphatic heterocycles. The van der Waals surface area contributed by atoms with E-state index in [0.717, 1.165) is 17.7 Å². The van der Waals surface area contributed by atoms with E-state index < -0.39 is 0 Å². The first-order chi connectivity index (χ1) is 8.70. The molecule has 1 aromatic carbocycles. The fourth-order valence-corrected chi connectivity index (χ4v) is 2.66. The average molecular weight is 284 g/mol. The fraction of sp³-hybridized carbons (Fsp3) is 0.333. The third-order valence-electron chi connectivity index (χ3n) is 2.32. The van der Waals surface area contributed by atoms with Crippen LogP contribution in [0.2, 0.25) is 5.02 Å². The predicted octanol–water partition coefficient (Wildman–Crippen LogP) is 3.55. The molecule has 0 bridgehead atoms. The highest BCUT2D eigenvalue weighted by Gasteiger charge is 2.09. The fourth-order valence-electron chi connectivity index (χ4n) is 1.48. The summed E-state index contributed by atoms with van der Waals surface area (Å²) >= 11 is 7.60. The third-order valence-corrected chi connectivity index (χ3v) is 3.89. The van der Waals surface area contributed by atoms with Gasteiger partial charge in [0.05, 0.1) is 10.8 Å². The van der Waals surface area contributed by atoms with Gasteiger partial charge in [0, 0.05) is 17.0 Å². The van der Waals surface area contributed by atoms with Gasteiger partial charge in [0.1, 0.15) is 0 Å². The second-order valence-corrected chi connectivity index (χ2v) is 5.19. The molecule has 2 N–H and O–H groups in total. The number of nitrogens with zero attached hydrogens (tertiary/aromatic N) is 2. The molecule has 6 heteroatoms. The molecule has 0 saturated heterocycles. The van der Waals surface area contributed by atoms with Gasteiger partial charge in [0.2, 0.25) is 5.89 Å². The monoisotopic (exact) mass is 283 g/mol. The van der Waals surface area contributed by atoms with Crippen molar-refractivity contribution in [1.82, 2.24) is 10.1 Å². The summed E-state index contributed by atoms with van der Waals surface area (Å²) in [7, 11) is 0. The molecule has 0 aliphatic rings. The Kier molecular flexibility index (Phi) is 4.49. The number of anilines is 1. The molecule has 1 heterocycles. The van der Waals surface area contributed by atoms with E-state index in [2.05, 4.69) is 17.1 Å². The van der Waals surface area contributed by atoms with Crippen molar-refractivity contribution in [2.75, 3.05) is 5.73 Å². The summed E-state index contributed by atoms with van der Waals surface area (Å²) in [6.45, 7) is 2.07. The van der Waals surface area contributed by atoms with E-state index in [9.17, 15) is 0 Å². The molecule has 18 heavy (non-hydrogen) atoms. The van der Waals surface area contributed by atoms with E-state index in [1.165, 1.54) is 11.8 Å². The van der Waals surface area contributed by atoms with Crippen LogP contribution in [0.1, 0.15) is 25.1 Å². The Morgan fingerprint density at radius 3 is 3.00 bits per heavy atom. The number of hydrogen-bond donors (Lipinski definition) is 1. The van der Waals surface area contributed by atoms with Gasteiger partial charge in [-0.25, -0.2) is 0 Å². The smallest absolute Gasteiger partial charge is 0.226 e. The summed E-state index contributed by atoms with van der Waals surface area (Å²) in [5.74, 6) is 1.95. The Bertz CT molecular complexity index is 510. The largest absolute Gasteiger partial charge is 0.398 e. The van der Waals surface area contributed by atoms with E-state index in [4.69, 9.17) is 21.9 Å². The number of aromatic nitrogens is 2. The minimum Gasteiger partial charge on any atom is -0.398 e. The molecule has 0 fully saturated rings. The quantitative estimate of drug-likeness (QED) is 0.671. The van der Waals surface area contributed by atoms with Crippen LogP contribution in [0.3, 0.4) is 0 Å². The summed E-state index contributed by atoms with van der Waals surface area (Å²) in [6, 6.07) is 5.47. The first-order valence-corrected chi connectivity index (χ1v) is 7.05. The van der Waals surface area contributed by atoms with Gasteiger partial charge < -0.3 is 10.3 Å². The molecule has 0 saturated carbocycles. The standard InChI is InChI=1S/C12H14ClN3OS/c1-2-4-11-15-10(16-17-11)7-18-12-8(13)5-3-6-9(12)14/h3,5-6H,2,4,7,14H2,1H3. The normalized spacial score (nSPS) is 10.8. The Hall–Kier alpha value is -1.20. The molecule has 0 spiro atoms. The summed E-state index contributed by atoms with van der Waals surface area (Å²) in [5.41, 5.74) is 6.54. The second kappa shape index (κ2) is 6.11. The molecule has 1 aromatic heterocycles. The van der Waals surface area contributed by atoms with Crippen LogP contribution in [-0.2, 0) is 12.2 Å². The Balaban J connectivity index is 2.02. The van der Waals surface area contributed by atoms with Crippen molar-refractivity contribution in [1.29, 1.82) is 0 Å². The number of thioether (sulfide) groups is 1. The van der Waals surface area contributed by atoms with Crippen LogP contribution in [0.25, 0.3) is 0 Å². The minimum absolute atomic E-state index is 0.598. The maximum absolute atomic E-state index is 6.09. The maximum atomic E-state index is 6.09. The SMILES string of the molecule is CCCc1nc(CSc2c(N)cccc2Cl)no1. The van der Waals surface area contributed by atoms with E-state index in [1.807, 2.05) is 18.2 Å². The van der Waals surface area contributed by atoms with E-state index in [1.54, 1.807) is 0 Å². The lowest BCUT2D eigenvalue weighted by molar-refractivity contribution is 0.373. The van der Waals surface area contributed by atoms with Gasteiger partial charge in [0.25, 0.3) is 0 Å². The van der Waals surface area contributed by atoms with Crippen molar-refractivity contribution >= 4 is 29.1 Å². The molecule has 0 unspecified atom stereocenters. The summed E-state index contributed by atoms with van der Waals surface area (Å²) in [4.78, 5) is 5.15. The van der Waals surface area contributed by atoms with E-state index in [0.29, 0.717) is 28.2 Å². The number of aryl methyl sites for hydroxylation is 1. The molecule has 4 nitrogen and oxygen atoms in total. The molecule has 96 valence electrons. The van der Waals surface area contributed by atoms with E-state index >= 15 is 0 Å². The first-order valence-electron chi connectivity index (χ1n) is 5.69. The Morgan fingerprint density at radius 1 is 1.44 bits per heavy atom. The number of benzene rings is 1. The zero-order valence-electron chi connectivity index (χ0n) is 10.0. The first kappa shape index (κ1) is 13.2. The molecule has 2 aromatic rings. The maximum Gasteiger partial charge on any atom is 0.226 e. The molecular weight excluding hydrogens is 270 g/mol. The van der Waals surface area contributed by atoms with Crippen molar-refractivity contribution in [2.45, 2.75) is 30.4 Å². The lowest BCUT2D eigenvalue weighted by Gasteiger charge is -2.05. The highest BCUT2D eigenvalue weighted by atomic mass is 35.5. The van der Waals surface area contributed by atoms with Crippen LogP contribution in [0.4, 0.5) is 5.69 Å². The second-order valence-electron chi connectivity index (χ2n) is 3.80. The van der Waals surface area contributed by atoms with Crippen LogP contribution >= 0.6 is 23.4 Å². The molecule has 0 amide bonds. The van der Waals surface area contributed by atoms with Crippen molar-refractivity contribution in [3.8, 4) is 0 Å². The number of rotatable bonds is 5. The number of nitrogen functional groups attached to an aromatic ring is 1. The van der Waals surface area contributed by atoms with E-state index in [-0.39, 0.29) is 0 Å². The molecule has 0 radical (unpaired) electrons. The van der Waals surface area contributed by atoms with Crippen LogP contribution < -0.4 is 5.73 Å². The molecule has 0 aliphatic carbocycles. The van der Waals surface area contributed by atoms with Gasteiger partial charge in [-0.3, -0.25) is 0 Å². The topological polar surface area (TPSA) is 64.9 Å². The van der Waals surface area contributed by atoms with Crippen molar-refractivity contribution in [3.05, 3.63) is 34.9 Å². The van der Waals surface area contributed by atoms with Crippen LogP contribution in [-0.4, -0.2) is 10.1 Å². The summed E-state index contributed by atoms with van der Waals surface area (Å²) < 4.78 is 5.12. The van der Waals surface area contributed by atoms with Gasteiger partial charge >= 0.3 is 0 Å². The minimum atomic E-state index is 0.598. The van der Waals surface area contributed by atoms with Crippen molar-refractivity contribution in [2.24, 2.45) is 0 Å². The summed E-state index contributed by atoms with van der Waals surface area (Å²) in [5, 5.41) is 4.57. The van der Waals surface area contributed by atoms with Crippen LogP contribution in [0.15, 0.2) is 27.6 Å². The van der Waals surface area contributed by atoms with Gasteiger partial charge in [-0.1, -0.05) is 29.7 Å². The predicted molar refractivity (Wildman–Crippen MR) is 73.7 cm³/mol. The Morgan fingerprint density at radius 2 is 2.28 bits per heavy atom. The third kappa shape index (κ3) is 3.17. The molecule has 0 atom stereocenters. The zero-order chi connectivity index (χ0) is 13.0. The molecular formula is C12H14ClN3OS. The van der Waals surface area contributed by atoms with Gasteiger partial charge in [-0.05, 0) is 18.6 Å². The number of halogens is 1. The van der Waals surface area contributed by atoms with Gasteiger partial charge in [-0.2, -0.15) is 4.98 Å². The average Bonchev–Trinajstić information content (AvgIpc) is 2.77. The van der Waals surface area contributed by atoms with Gasteiger partial charge in [-0.15, -0.1) is 11.8 Å². The van der Waals surface area contributed by atoms with Crippen molar-refractivity contribution < 1.29 is 4.52 Å². The van der Waals surface area contributed by atoms with Gasteiger partial charge in [0.15, 0.2) is 5.82 Å². The van der Waals surface area contributed by atoms with Crippen LogP contribution in [0, 0.1) is 0 Å². The molecule has 2 rings (SSSR count). The number of hydrogen-bond acceptors (Lipinski definition) is 5.